The van der Waals surface area contributed by atoms with Gasteiger partial charge in [0.1, 0.15) is 11.0 Å². The first kappa shape index (κ1) is 16.0. The third kappa shape index (κ3) is 5.65. The number of nitrogens with one attached hydrogen (secondary N) is 1. The minimum Gasteiger partial charge on any atom is -0.354 e. The Labute approximate surface area is 123 Å². The highest BCUT2D eigenvalue weighted by molar-refractivity contribution is 7.98. The molecule has 0 bridgehead atoms. The number of carbonyl (C=O) groups excluding carboxylic acids is 1. The van der Waals surface area contributed by atoms with Gasteiger partial charge in [0.2, 0.25) is 5.91 Å². The minimum atomic E-state index is -0.0309. The van der Waals surface area contributed by atoms with Crippen LogP contribution in [0.25, 0.3) is 0 Å². The van der Waals surface area contributed by atoms with Crippen LogP contribution in [0, 0.1) is 5.92 Å². The molecule has 1 aromatic heterocycles. The zero-order valence-corrected chi connectivity index (χ0v) is 13.2. The summed E-state index contributed by atoms with van der Waals surface area (Å²) in [6.07, 6.45) is 1.88. The summed E-state index contributed by atoms with van der Waals surface area (Å²) in [7, 11) is 1.80. The van der Waals surface area contributed by atoms with E-state index in [2.05, 4.69) is 29.1 Å². The van der Waals surface area contributed by atoms with Gasteiger partial charge in [0, 0.05) is 19.7 Å². The van der Waals surface area contributed by atoms with Gasteiger partial charge in [-0.15, -0.1) is 0 Å². The average molecular weight is 303 g/mol. The van der Waals surface area contributed by atoms with Gasteiger partial charge in [-0.25, -0.2) is 9.97 Å². The molecular formula is C12H19ClN4OS. The third-order valence-corrected chi connectivity index (χ3v) is 3.06. The highest BCUT2D eigenvalue weighted by atomic mass is 35.5. The lowest BCUT2D eigenvalue weighted by molar-refractivity contribution is -0.119. The maximum Gasteiger partial charge on any atom is 0.239 e. The molecule has 5 nitrogen and oxygen atoms in total. The van der Waals surface area contributed by atoms with E-state index in [1.165, 1.54) is 11.8 Å². The van der Waals surface area contributed by atoms with Crippen LogP contribution < -0.4 is 10.2 Å². The van der Waals surface area contributed by atoms with Crippen molar-refractivity contribution in [3.05, 3.63) is 11.2 Å². The molecule has 1 amide bonds. The minimum absolute atomic E-state index is 0.0309. The molecule has 106 valence electrons. The van der Waals surface area contributed by atoms with E-state index in [4.69, 9.17) is 11.6 Å². The lowest BCUT2D eigenvalue weighted by atomic mass is 10.2. The lowest BCUT2D eigenvalue weighted by Gasteiger charge is -2.18. The zero-order chi connectivity index (χ0) is 14.4. The van der Waals surface area contributed by atoms with E-state index in [0.717, 1.165) is 0 Å². The summed E-state index contributed by atoms with van der Waals surface area (Å²) in [5.41, 5.74) is 0. The van der Waals surface area contributed by atoms with Crippen molar-refractivity contribution in [2.45, 2.75) is 19.0 Å². The molecule has 19 heavy (non-hydrogen) atoms. The van der Waals surface area contributed by atoms with Crippen LogP contribution in [0.4, 0.5) is 5.82 Å². The number of carbonyl (C=O) groups is 1. The van der Waals surface area contributed by atoms with Crippen LogP contribution in [-0.4, -0.2) is 42.3 Å². The van der Waals surface area contributed by atoms with E-state index in [-0.39, 0.29) is 12.5 Å². The van der Waals surface area contributed by atoms with Crippen LogP contribution in [0.1, 0.15) is 13.8 Å². The Bertz CT molecular complexity index is 442. The quantitative estimate of drug-likeness (QED) is 0.495. The van der Waals surface area contributed by atoms with E-state index in [1.54, 1.807) is 18.0 Å². The highest BCUT2D eigenvalue weighted by Crippen LogP contribution is 2.19. The smallest absolute Gasteiger partial charge is 0.239 e. The van der Waals surface area contributed by atoms with Gasteiger partial charge >= 0.3 is 0 Å². The zero-order valence-electron chi connectivity index (χ0n) is 11.6. The van der Waals surface area contributed by atoms with Crippen molar-refractivity contribution in [1.82, 2.24) is 15.3 Å². The molecule has 0 fully saturated rings. The average Bonchev–Trinajstić information content (AvgIpc) is 2.35. The van der Waals surface area contributed by atoms with Crippen molar-refractivity contribution in [2.24, 2.45) is 5.92 Å². The summed E-state index contributed by atoms with van der Waals surface area (Å²) < 4.78 is 0. The predicted octanol–water partition coefficient (Wildman–Crippen LogP) is 2.06. The monoisotopic (exact) mass is 302 g/mol. The maximum atomic E-state index is 11.7. The number of rotatable bonds is 6. The fourth-order valence-electron chi connectivity index (χ4n) is 1.34. The Morgan fingerprint density at radius 3 is 2.79 bits per heavy atom. The van der Waals surface area contributed by atoms with Crippen molar-refractivity contribution in [3.8, 4) is 0 Å². The van der Waals surface area contributed by atoms with Gasteiger partial charge in [-0.05, 0) is 12.2 Å². The molecule has 1 heterocycles. The molecular weight excluding hydrogens is 284 g/mol. The topological polar surface area (TPSA) is 58.1 Å². The third-order valence-electron chi connectivity index (χ3n) is 2.32. The van der Waals surface area contributed by atoms with Crippen molar-refractivity contribution >= 4 is 35.1 Å². The summed E-state index contributed by atoms with van der Waals surface area (Å²) in [5, 5.41) is 3.84. The Morgan fingerprint density at radius 2 is 2.21 bits per heavy atom. The number of hydrogen-bond donors (Lipinski definition) is 1. The Kier molecular flexibility index (Phi) is 6.37. The molecule has 0 unspecified atom stereocenters. The Balaban J connectivity index is 2.64. The normalized spacial score (nSPS) is 10.6. The number of likely N-dealkylation sites (N-methyl/N-ethyl adjacent to an activating group) is 1. The molecule has 0 spiro atoms. The van der Waals surface area contributed by atoms with Crippen LogP contribution in [-0.2, 0) is 4.79 Å². The SMILES string of the molecule is CSc1nc(Cl)cc(N(C)CC(=O)NCC(C)C)n1. The molecule has 1 N–H and O–H groups in total. The molecule has 1 aromatic rings. The Morgan fingerprint density at radius 1 is 1.53 bits per heavy atom. The van der Waals surface area contributed by atoms with Crippen molar-refractivity contribution < 1.29 is 4.79 Å². The van der Waals surface area contributed by atoms with Gasteiger partial charge in [-0.2, -0.15) is 0 Å². The highest BCUT2D eigenvalue weighted by Gasteiger charge is 2.11. The van der Waals surface area contributed by atoms with Crippen LogP contribution in [0.3, 0.4) is 0 Å². The molecule has 0 aliphatic heterocycles. The van der Waals surface area contributed by atoms with Crippen molar-refractivity contribution in [2.75, 3.05) is 31.3 Å². The number of amides is 1. The second kappa shape index (κ2) is 7.55. The van der Waals surface area contributed by atoms with Gasteiger partial charge in [-0.3, -0.25) is 4.79 Å². The molecule has 0 saturated carbocycles. The number of thioether (sulfide) groups is 1. The molecule has 0 atom stereocenters. The summed E-state index contributed by atoms with van der Waals surface area (Å²) in [6, 6.07) is 1.65. The fourth-order valence-corrected chi connectivity index (χ4v) is 1.94. The van der Waals surface area contributed by atoms with Gasteiger partial charge in [0.25, 0.3) is 0 Å². The number of halogens is 1. The second-order valence-electron chi connectivity index (χ2n) is 4.59. The standard InChI is InChI=1S/C12H19ClN4OS/c1-8(2)6-14-11(18)7-17(3)10-5-9(13)15-12(16-10)19-4/h5,8H,6-7H2,1-4H3,(H,14,18). The lowest BCUT2D eigenvalue weighted by Crippen LogP contribution is -2.37. The van der Waals surface area contributed by atoms with Gasteiger partial charge < -0.3 is 10.2 Å². The molecule has 0 radical (unpaired) electrons. The number of hydrogen-bond acceptors (Lipinski definition) is 5. The number of anilines is 1. The van der Waals surface area contributed by atoms with Gasteiger partial charge in [0.05, 0.1) is 6.54 Å². The molecule has 0 aromatic carbocycles. The molecule has 7 heteroatoms. The van der Waals surface area contributed by atoms with E-state index in [1.807, 2.05) is 6.26 Å². The van der Waals surface area contributed by atoms with Crippen LogP contribution >= 0.6 is 23.4 Å². The Hall–Kier alpha value is -1.01. The van der Waals surface area contributed by atoms with Crippen molar-refractivity contribution in [1.29, 1.82) is 0 Å². The van der Waals surface area contributed by atoms with E-state index in [0.29, 0.717) is 28.6 Å². The van der Waals surface area contributed by atoms with Crippen LogP contribution in [0.2, 0.25) is 5.15 Å². The largest absolute Gasteiger partial charge is 0.354 e. The molecule has 0 aliphatic carbocycles. The first-order chi connectivity index (χ1) is 8.92. The van der Waals surface area contributed by atoms with Gasteiger partial charge in [-0.1, -0.05) is 37.2 Å². The summed E-state index contributed by atoms with van der Waals surface area (Å²) in [5.74, 6) is 1.05. The van der Waals surface area contributed by atoms with Crippen molar-refractivity contribution in [3.63, 3.8) is 0 Å². The first-order valence-corrected chi connectivity index (χ1v) is 7.59. The second-order valence-corrected chi connectivity index (χ2v) is 5.75. The molecule has 0 aliphatic rings. The molecule has 0 saturated heterocycles. The van der Waals surface area contributed by atoms with Crippen LogP contribution in [0.15, 0.2) is 11.2 Å². The fraction of sp³-hybridized carbons (Fsp3) is 0.583. The van der Waals surface area contributed by atoms with Gasteiger partial charge in [0.15, 0.2) is 5.16 Å². The molecule has 1 rings (SSSR count). The van der Waals surface area contributed by atoms with Crippen LogP contribution in [0.5, 0.6) is 0 Å². The van der Waals surface area contributed by atoms with E-state index in [9.17, 15) is 4.79 Å². The number of aromatic nitrogens is 2. The summed E-state index contributed by atoms with van der Waals surface area (Å²) in [4.78, 5) is 21.9. The predicted molar refractivity (Wildman–Crippen MR) is 79.9 cm³/mol. The maximum absolute atomic E-state index is 11.7. The number of nitrogens with zero attached hydrogens (tertiary/aromatic N) is 3. The first-order valence-electron chi connectivity index (χ1n) is 5.98. The summed E-state index contributed by atoms with van der Waals surface area (Å²) >= 11 is 7.33. The van der Waals surface area contributed by atoms with E-state index >= 15 is 0 Å². The van der Waals surface area contributed by atoms with E-state index < -0.39 is 0 Å². The summed E-state index contributed by atoms with van der Waals surface area (Å²) in [6.45, 7) is 5.03.